The van der Waals surface area contributed by atoms with Gasteiger partial charge in [0.1, 0.15) is 0 Å². The summed E-state index contributed by atoms with van der Waals surface area (Å²) in [4.78, 5) is 23.1. The number of aliphatic carboxylic acids is 1. The molecule has 0 bridgehead atoms. The number of carbonyl (C=O) groups is 2. The second kappa shape index (κ2) is 6.98. The molecule has 4 nitrogen and oxygen atoms in total. The molecule has 1 aliphatic rings. The van der Waals surface area contributed by atoms with E-state index in [2.05, 4.69) is 5.32 Å². The minimum absolute atomic E-state index is 0.116. The van der Waals surface area contributed by atoms with Gasteiger partial charge in [0.05, 0.1) is 6.42 Å². The molecule has 21 heavy (non-hydrogen) atoms. The van der Waals surface area contributed by atoms with Crippen molar-refractivity contribution in [2.75, 3.05) is 12.8 Å². The standard InChI is InChI=1S/C16H21NO3S/c1-21-10-12-4-2-5-13(8-12)15(20)17-11-16(6-3-7-16)9-14(18)19/h2,4-5,8H,3,6-7,9-11H2,1H3,(H,17,20)(H,18,19). The number of carboxylic acid groups (broad SMARTS) is 1. The fourth-order valence-corrected chi connectivity index (χ4v) is 3.27. The van der Waals surface area contributed by atoms with Gasteiger partial charge in [-0.25, -0.2) is 0 Å². The second-order valence-corrected chi connectivity index (χ2v) is 6.61. The lowest BCUT2D eigenvalue weighted by molar-refractivity contribution is -0.141. The van der Waals surface area contributed by atoms with Crippen LogP contribution in [0.5, 0.6) is 0 Å². The second-order valence-electron chi connectivity index (χ2n) is 5.74. The van der Waals surface area contributed by atoms with E-state index in [4.69, 9.17) is 5.11 Å². The highest BCUT2D eigenvalue weighted by Gasteiger charge is 2.39. The van der Waals surface area contributed by atoms with Gasteiger partial charge < -0.3 is 10.4 Å². The van der Waals surface area contributed by atoms with E-state index in [9.17, 15) is 9.59 Å². The van der Waals surface area contributed by atoms with Crippen LogP contribution in [0.4, 0.5) is 0 Å². The summed E-state index contributed by atoms with van der Waals surface area (Å²) in [5.74, 6) is -0.0232. The zero-order chi connectivity index (χ0) is 15.3. The average molecular weight is 307 g/mol. The third kappa shape index (κ3) is 4.24. The lowest BCUT2D eigenvalue weighted by atomic mass is 9.66. The Kier molecular flexibility index (Phi) is 5.28. The van der Waals surface area contributed by atoms with Crippen molar-refractivity contribution < 1.29 is 14.7 Å². The van der Waals surface area contributed by atoms with Gasteiger partial charge in [0.2, 0.25) is 0 Å². The van der Waals surface area contributed by atoms with Gasteiger partial charge in [0.25, 0.3) is 5.91 Å². The smallest absolute Gasteiger partial charge is 0.303 e. The molecule has 0 unspecified atom stereocenters. The van der Waals surface area contributed by atoms with Crippen molar-refractivity contribution in [3.63, 3.8) is 0 Å². The monoisotopic (exact) mass is 307 g/mol. The van der Waals surface area contributed by atoms with E-state index in [-0.39, 0.29) is 17.7 Å². The quantitative estimate of drug-likeness (QED) is 0.813. The number of hydrogen-bond donors (Lipinski definition) is 2. The Morgan fingerprint density at radius 1 is 1.38 bits per heavy atom. The first-order chi connectivity index (χ1) is 10.0. The maximum absolute atomic E-state index is 12.2. The van der Waals surface area contributed by atoms with E-state index < -0.39 is 5.97 Å². The first-order valence-corrected chi connectivity index (χ1v) is 8.52. The topological polar surface area (TPSA) is 66.4 Å². The Labute approximate surface area is 129 Å². The summed E-state index contributed by atoms with van der Waals surface area (Å²) in [6, 6.07) is 7.59. The summed E-state index contributed by atoms with van der Waals surface area (Å²) in [6.07, 6.45) is 4.98. The minimum Gasteiger partial charge on any atom is -0.481 e. The number of benzene rings is 1. The lowest BCUT2D eigenvalue weighted by Crippen LogP contribution is -2.43. The fourth-order valence-electron chi connectivity index (χ4n) is 2.75. The van der Waals surface area contributed by atoms with Gasteiger partial charge in [0, 0.05) is 17.9 Å². The molecule has 1 aromatic rings. The molecule has 0 aliphatic heterocycles. The van der Waals surface area contributed by atoms with Crippen LogP contribution >= 0.6 is 11.8 Å². The summed E-state index contributed by atoms with van der Waals surface area (Å²) in [5.41, 5.74) is 1.53. The Balaban J connectivity index is 1.95. The summed E-state index contributed by atoms with van der Waals surface area (Å²) in [6.45, 7) is 0.449. The third-order valence-corrected chi connectivity index (χ3v) is 4.69. The zero-order valence-corrected chi connectivity index (χ0v) is 13.0. The van der Waals surface area contributed by atoms with Gasteiger partial charge in [-0.1, -0.05) is 18.6 Å². The molecule has 0 radical (unpaired) electrons. The van der Waals surface area contributed by atoms with E-state index in [1.165, 1.54) is 0 Å². The number of nitrogens with one attached hydrogen (secondary N) is 1. The van der Waals surface area contributed by atoms with Crippen LogP contribution in [0.15, 0.2) is 24.3 Å². The van der Waals surface area contributed by atoms with Gasteiger partial charge in [0.15, 0.2) is 0 Å². The molecule has 1 amide bonds. The van der Waals surface area contributed by atoms with Gasteiger partial charge in [-0.2, -0.15) is 11.8 Å². The molecule has 0 saturated heterocycles. The normalized spacial score (nSPS) is 16.0. The van der Waals surface area contributed by atoms with Crippen LogP contribution in [-0.4, -0.2) is 29.8 Å². The fraction of sp³-hybridized carbons (Fsp3) is 0.500. The highest BCUT2D eigenvalue weighted by Crippen LogP contribution is 2.43. The average Bonchev–Trinajstić information content (AvgIpc) is 2.41. The van der Waals surface area contributed by atoms with E-state index in [1.54, 1.807) is 17.8 Å². The van der Waals surface area contributed by atoms with Crippen molar-refractivity contribution in [3.05, 3.63) is 35.4 Å². The highest BCUT2D eigenvalue weighted by molar-refractivity contribution is 7.97. The predicted molar refractivity (Wildman–Crippen MR) is 84.5 cm³/mol. The summed E-state index contributed by atoms with van der Waals surface area (Å²) >= 11 is 1.72. The molecule has 1 aromatic carbocycles. The Morgan fingerprint density at radius 2 is 2.14 bits per heavy atom. The van der Waals surface area contributed by atoms with Crippen molar-refractivity contribution in [1.82, 2.24) is 5.32 Å². The van der Waals surface area contributed by atoms with Crippen LogP contribution in [0.2, 0.25) is 0 Å². The van der Waals surface area contributed by atoms with Crippen LogP contribution in [0, 0.1) is 5.41 Å². The first kappa shape index (κ1) is 15.9. The summed E-state index contributed by atoms with van der Waals surface area (Å²) < 4.78 is 0. The molecule has 0 atom stereocenters. The molecule has 1 fully saturated rings. The molecule has 0 aromatic heterocycles. The van der Waals surface area contributed by atoms with Crippen LogP contribution in [-0.2, 0) is 10.5 Å². The maximum atomic E-state index is 12.2. The Morgan fingerprint density at radius 3 is 2.71 bits per heavy atom. The molecule has 114 valence electrons. The first-order valence-electron chi connectivity index (χ1n) is 7.13. The van der Waals surface area contributed by atoms with Gasteiger partial charge >= 0.3 is 5.97 Å². The molecule has 0 heterocycles. The number of carboxylic acids is 1. The molecule has 1 saturated carbocycles. The summed E-state index contributed by atoms with van der Waals surface area (Å²) in [5, 5.41) is 11.9. The van der Waals surface area contributed by atoms with Crippen molar-refractivity contribution in [2.45, 2.75) is 31.4 Å². The van der Waals surface area contributed by atoms with Crippen LogP contribution < -0.4 is 5.32 Å². The van der Waals surface area contributed by atoms with Crippen molar-refractivity contribution in [2.24, 2.45) is 5.41 Å². The molecule has 0 spiro atoms. The number of thioether (sulfide) groups is 1. The number of rotatable bonds is 7. The lowest BCUT2D eigenvalue weighted by Gasteiger charge is -2.40. The number of amides is 1. The molecule has 5 heteroatoms. The Bertz CT molecular complexity index is 526. The predicted octanol–water partition coefficient (Wildman–Crippen LogP) is 2.92. The van der Waals surface area contributed by atoms with Crippen molar-refractivity contribution in [1.29, 1.82) is 0 Å². The van der Waals surface area contributed by atoms with E-state index in [1.807, 2.05) is 24.5 Å². The summed E-state index contributed by atoms with van der Waals surface area (Å²) in [7, 11) is 0. The molecule has 2 N–H and O–H groups in total. The van der Waals surface area contributed by atoms with Gasteiger partial charge in [-0.05, 0) is 42.2 Å². The molecular weight excluding hydrogens is 286 g/mol. The zero-order valence-electron chi connectivity index (χ0n) is 12.2. The number of hydrogen-bond acceptors (Lipinski definition) is 3. The van der Waals surface area contributed by atoms with E-state index in [0.29, 0.717) is 12.1 Å². The van der Waals surface area contributed by atoms with Crippen LogP contribution in [0.3, 0.4) is 0 Å². The molecular formula is C16H21NO3S. The maximum Gasteiger partial charge on any atom is 0.303 e. The largest absolute Gasteiger partial charge is 0.481 e. The van der Waals surface area contributed by atoms with Crippen LogP contribution in [0.1, 0.15) is 41.6 Å². The molecule has 1 aliphatic carbocycles. The minimum atomic E-state index is -0.786. The van der Waals surface area contributed by atoms with Gasteiger partial charge in [-0.15, -0.1) is 0 Å². The highest BCUT2D eigenvalue weighted by atomic mass is 32.2. The SMILES string of the molecule is CSCc1cccc(C(=O)NCC2(CC(=O)O)CCC2)c1. The molecule has 2 rings (SSSR count). The van der Waals surface area contributed by atoms with E-state index >= 15 is 0 Å². The van der Waals surface area contributed by atoms with Crippen molar-refractivity contribution >= 4 is 23.6 Å². The Hall–Kier alpha value is -1.49. The third-order valence-electron chi connectivity index (χ3n) is 4.06. The van der Waals surface area contributed by atoms with Gasteiger partial charge in [-0.3, -0.25) is 9.59 Å². The van der Waals surface area contributed by atoms with E-state index in [0.717, 1.165) is 30.6 Å². The number of carbonyl (C=O) groups excluding carboxylic acids is 1. The van der Waals surface area contributed by atoms with Crippen LogP contribution in [0.25, 0.3) is 0 Å². The van der Waals surface area contributed by atoms with Crippen molar-refractivity contribution in [3.8, 4) is 0 Å².